The fourth-order valence-corrected chi connectivity index (χ4v) is 6.44. The smallest absolute Gasteiger partial charge is 0.266 e. The predicted octanol–water partition coefficient (Wildman–Crippen LogP) is 5.38. The van der Waals surface area contributed by atoms with Crippen LogP contribution in [0, 0.1) is 0 Å². The van der Waals surface area contributed by atoms with E-state index in [4.69, 9.17) is 17.2 Å². The third-order valence-corrected chi connectivity index (χ3v) is 8.07. The van der Waals surface area contributed by atoms with Crippen molar-refractivity contribution < 1.29 is 4.79 Å². The zero-order valence-electron chi connectivity index (χ0n) is 17.3. The summed E-state index contributed by atoms with van der Waals surface area (Å²) in [4.78, 5) is 34.6. The third-order valence-electron chi connectivity index (χ3n) is 5.73. The number of benzene rings is 1. The summed E-state index contributed by atoms with van der Waals surface area (Å²) in [7, 11) is 0. The Hall–Kier alpha value is -2.42. The highest BCUT2D eigenvalue weighted by Gasteiger charge is 2.37. The average Bonchev–Trinajstić information content (AvgIpc) is 3.10. The maximum atomic E-state index is 13.4. The summed E-state index contributed by atoms with van der Waals surface area (Å²) in [6, 6.07) is 15.4. The van der Waals surface area contributed by atoms with Gasteiger partial charge in [0.2, 0.25) is 0 Å². The van der Waals surface area contributed by atoms with Gasteiger partial charge in [-0.1, -0.05) is 79.3 Å². The first-order valence-corrected chi connectivity index (χ1v) is 12.7. The van der Waals surface area contributed by atoms with Crippen molar-refractivity contribution in [2.24, 2.45) is 0 Å². The van der Waals surface area contributed by atoms with Crippen molar-refractivity contribution >= 4 is 57.7 Å². The number of thioether (sulfide) groups is 1. The van der Waals surface area contributed by atoms with E-state index < -0.39 is 0 Å². The molecular formula is C24H21N3O2S3. The molecule has 5 nitrogen and oxygen atoms in total. The monoisotopic (exact) mass is 479 g/mol. The highest BCUT2D eigenvalue weighted by molar-refractivity contribution is 8.26. The summed E-state index contributed by atoms with van der Waals surface area (Å²) in [5.74, 6) is -0.0971. The fourth-order valence-electron chi connectivity index (χ4n) is 4.15. The molecule has 1 aliphatic heterocycles. The molecular weight excluding hydrogens is 458 g/mol. The van der Waals surface area contributed by atoms with Crippen LogP contribution < -0.4 is 5.56 Å². The van der Waals surface area contributed by atoms with Gasteiger partial charge in [0.15, 0.2) is 0 Å². The number of pyridine rings is 1. The number of amides is 1. The second-order valence-corrected chi connectivity index (χ2v) is 10.6. The van der Waals surface area contributed by atoms with E-state index in [1.165, 1.54) is 34.3 Å². The number of aromatic nitrogens is 2. The largest absolute Gasteiger partial charge is 0.290 e. The fraction of sp³-hybridized carbons (Fsp3) is 0.250. The molecule has 1 amide bonds. The van der Waals surface area contributed by atoms with E-state index in [-0.39, 0.29) is 17.5 Å². The molecule has 1 saturated carbocycles. The maximum Gasteiger partial charge on any atom is 0.266 e. The highest BCUT2D eigenvalue weighted by atomic mass is 32.2. The maximum absolute atomic E-state index is 13.4. The number of hydrogen-bond donors (Lipinski definition) is 0. The number of carbonyl (C=O) groups is 1. The SMILES string of the molecule is O=C1C(=Cc2c(Sc3ccccc3)nc3ccccn3c2=O)SC(=S)N1C1CCCCC1. The van der Waals surface area contributed by atoms with Crippen LogP contribution in [0.4, 0.5) is 0 Å². The standard InChI is InChI=1S/C24H21N3O2S3/c28-22-18(15-19-23(29)27(24(30)32-19)16-9-3-1-4-10-16)21(31-17-11-5-2-6-12-17)25-20-13-7-8-14-26(20)22/h2,5-8,11-16H,1,3-4,9-10H2. The molecule has 2 aromatic heterocycles. The molecule has 1 aliphatic carbocycles. The Morgan fingerprint density at radius 3 is 2.56 bits per heavy atom. The summed E-state index contributed by atoms with van der Waals surface area (Å²) < 4.78 is 2.10. The van der Waals surface area contributed by atoms with Crippen LogP contribution in [0.5, 0.6) is 0 Å². The topological polar surface area (TPSA) is 54.7 Å². The first-order chi connectivity index (χ1) is 15.6. The molecule has 0 atom stereocenters. The van der Waals surface area contributed by atoms with Crippen LogP contribution in [0.15, 0.2) is 74.3 Å². The Kier molecular flexibility index (Phi) is 6.17. The van der Waals surface area contributed by atoms with Crippen LogP contribution in [-0.2, 0) is 4.79 Å². The molecule has 32 heavy (non-hydrogen) atoms. The minimum Gasteiger partial charge on any atom is -0.290 e. The first-order valence-electron chi connectivity index (χ1n) is 10.6. The summed E-state index contributed by atoms with van der Waals surface area (Å²) in [6.45, 7) is 0. The molecule has 3 heterocycles. The van der Waals surface area contributed by atoms with E-state index in [1.54, 1.807) is 23.2 Å². The number of hydrogen-bond acceptors (Lipinski definition) is 6. The lowest BCUT2D eigenvalue weighted by molar-refractivity contribution is -0.124. The lowest BCUT2D eigenvalue weighted by Crippen LogP contribution is -2.39. The molecule has 1 saturated heterocycles. The molecule has 2 aliphatic rings. The number of nitrogens with zero attached hydrogens (tertiary/aromatic N) is 3. The van der Waals surface area contributed by atoms with Crippen molar-refractivity contribution in [3.8, 4) is 0 Å². The molecule has 2 fully saturated rings. The van der Waals surface area contributed by atoms with Crippen molar-refractivity contribution in [1.29, 1.82) is 0 Å². The molecule has 0 unspecified atom stereocenters. The van der Waals surface area contributed by atoms with Gasteiger partial charge >= 0.3 is 0 Å². The van der Waals surface area contributed by atoms with E-state index in [0.717, 1.165) is 30.6 Å². The van der Waals surface area contributed by atoms with Crippen molar-refractivity contribution in [2.45, 2.75) is 48.1 Å². The first kappa shape index (κ1) is 21.4. The summed E-state index contributed by atoms with van der Waals surface area (Å²) in [5, 5.41) is 0.579. The van der Waals surface area contributed by atoms with Crippen molar-refractivity contribution in [1.82, 2.24) is 14.3 Å². The van der Waals surface area contributed by atoms with Gasteiger partial charge in [0.25, 0.3) is 11.5 Å². The number of fused-ring (bicyclic) bond motifs is 1. The van der Waals surface area contributed by atoms with Crippen molar-refractivity contribution in [3.05, 3.63) is 75.6 Å². The molecule has 1 aromatic carbocycles. The van der Waals surface area contributed by atoms with Crippen LogP contribution in [0.2, 0.25) is 0 Å². The molecule has 3 aromatic rings. The second-order valence-electron chi connectivity index (χ2n) is 7.82. The molecule has 8 heteroatoms. The van der Waals surface area contributed by atoms with E-state index in [1.807, 2.05) is 42.5 Å². The summed E-state index contributed by atoms with van der Waals surface area (Å²) >= 11 is 8.27. The Morgan fingerprint density at radius 1 is 1.03 bits per heavy atom. The zero-order valence-corrected chi connectivity index (χ0v) is 19.7. The number of carbonyl (C=O) groups excluding carboxylic acids is 1. The Bertz CT molecular complexity index is 1280. The Balaban J connectivity index is 1.58. The minimum absolute atomic E-state index is 0.0971. The average molecular weight is 480 g/mol. The van der Waals surface area contributed by atoms with Crippen molar-refractivity contribution in [3.63, 3.8) is 0 Å². The Labute approximate surface area is 199 Å². The van der Waals surface area contributed by atoms with Crippen LogP contribution in [0.1, 0.15) is 37.7 Å². The van der Waals surface area contributed by atoms with Gasteiger partial charge in [-0.05, 0) is 43.2 Å². The lowest BCUT2D eigenvalue weighted by atomic mass is 9.94. The van der Waals surface area contributed by atoms with Gasteiger partial charge in [-0.2, -0.15) is 0 Å². The Morgan fingerprint density at radius 2 is 1.78 bits per heavy atom. The van der Waals surface area contributed by atoms with Gasteiger partial charge in [0, 0.05) is 17.1 Å². The normalized spacial score (nSPS) is 18.8. The van der Waals surface area contributed by atoms with Crippen LogP contribution in [0.25, 0.3) is 11.7 Å². The zero-order chi connectivity index (χ0) is 22.1. The quantitative estimate of drug-likeness (QED) is 0.285. The van der Waals surface area contributed by atoms with Gasteiger partial charge in [-0.15, -0.1) is 0 Å². The van der Waals surface area contributed by atoms with Gasteiger partial charge in [0.1, 0.15) is 15.0 Å². The molecule has 0 bridgehead atoms. The second kappa shape index (κ2) is 9.21. The molecule has 5 rings (SSSR count). The molecule has 0 radical (unpaired) electrons. The molecule has 162 valence electrons. The van der Waals surface area contributed by atoms with Crippen LogP contribution >= 0.6 is 35.7 Å². The van der Waals surface area contributed by atoms with Gasteiger partial charge < -0.3 is 0 Å². The molecule has 0 N–H and O–H groups in total. The van der Waals surface area contributed by atoms with Gasteiger partial charge in [-0.25, -0.2) is 4.98 Å². The van der Waals surface area contributed by atoms with Crippen molar-refractivity contribution in [2.75, 3.05) is 0 Å². The number of thiocarbonyl (C=S) groups is 1. The summed E-state index contributed by atoms with van der Waals surface area (Å²) in [5.41, 5.74) is 0.784. The lowest BCUT2D eigenvalue weighted by Gasteiger charge is -2.29. The van der Waals surface area contributed by atoms with Crippen LogP contribution in [-0.4, -0.2) is 30.6 Å². The van der Waals surface area contributed by atoms with E-state index in [2.05, 4.69) is 0 Å². The third kappa shape index (κ3) is 4.14. The molecule has 0 spiro atoms. The minimum atomic E-state index is -0.197. The van der Waals surface area contributed by atoms with Crippen LogP contribution in [0.3, 0.4) is 0 Å². The van der Waals surface area contributed by atoms with Gasteiger partial charge in [0.05, 0.1) is 10.5 Å². The predicted molar refractivity (Wildman–Crippen MR) is 134 cm³/mol. The summed E-state index contributed by atoms with van der Waals surface area (Å²) in [6.07, 6.45) is 8.79. The number of rotatable bonds is 4. The van der Waals surface area contributed by atoms with E-state index >= 15 is 0 Å². The van der Waals surface area contributed by atoms with E-state index in [0.29, 0.717) is 25.5 Å². The van der Waals surface area contributed by atoms with E-state index in [9.17, 15) is 9.59 Å². The van der Waals surface area contributed by atoms with Gasteiger partial charge in [-0.3, -0.25) is 18.9 Å². The highest BCUT2D eigenvalue weighted by Crippen LogP contribution is 2.38.